The number of alkyl halides is 3. The van der Waals surface area contributed by atoms with E-state index in [2.05, 4.69) is 14.8 Å². The Morgan fingerprint density at radius 1 is 1.11 bits per heavy atom. The number of halogens is 4. The molecule has 1 aliphatic rings. The molecule has 5 nitrogen and oxygen atoms in total. The molecule has 0 saturated carbocycles. The Balaban J connectivity index is 1.86. The molecule has 3 N–H and O–H groups in total. The monoisotopic (exact) mass is 403 g/mol. The van der Waals surface area contributed by atoms with Crippen LogP contribution in [0.5, 0.6) is 5.75 Å². The zero-order chi connectivity index (χ0) is 19.7. The summed E-state index contributed by atoms with van der Waals surface area (Å²) in [6.45, 7) is 0.988. The lowest BCUT2D eigenvalue weighted by atomic mass is 9.90. The van der Waals surface area contributed by atoms with E-state index in [4.69, 9.17) is 4.78 Å². The molecule has 3 rings (SSSR count). The van der Waals surface area contributed by atoms with Crippen LogP contribution in [-0.4, -0.2) is 23.7 Å². The number of benzene rings is 2. The van der Waals surface area contributed by atoms with Gasteiger partial charge in [-0.1, -0.05) is 12.1 Å². The number of rotatable bonds is 5. The van der Waals surface area contributed by atoms with E-state index < -0.39 is 33.4 Å². The van der Waals surface area contributed by atoms with E-state index in [1.54, 1.807) is 12.1 Å². The van der Waals surface area contributed by atoms with E-state index in [0.29, 0.717) is 25.1 Å². The Morgan fingerprint density at radius 2 is 1.74 bits per heavy atom. The van der Waals surface area contributed by atoms with Gasteiger partial charge in [-0.3, -0.25) is 0 Å². The Morgan fingerprint density at radius 3 is 2.26 bits per heavy atom. The summed E-state index contributed by atoms with van der Waals surface area (Å²) < 4.78 is 77.8. The van der Waals surface area contributed by atoms with Crippen molar-refractivity contribution >= 4 is 9.92 Å². The molecule has 0 aromatic heterocycles. The Labute approximate surface area is 153 Å². The number of hydrogen-bond donors (Lipinski definition) is 3. The van der Waals surface area contributed by atoms with Gasteiger partial charge in [-0.15, -0.1) is 13.2 Å². The van der Waals surface area contributed by atoms with E-state index in [1.807, 2.05) is 0 Å². The minimum Gasteiger partial charge on any atom is -0.406 e. The van der Waals surface area contributed by atoms with Crippen molar-refractivity contribution < 1.29 is 26.5 Å². The highest BCUT2D eigenvalue weighted by atomic mass is 32.2. The maximum atomic E-state index is 13.2. The number of nitrogens with one attached hydrogen (secondary N) is 3. The van der Waals surface area contributed by atoms with E-state index in [1.165, 1.54) is 12.1 Å². The molecule has 0 bridgehead atoms. The normalized spacial score (nSPS) is 22.4. The van der Waals surface area contributed by atoms with Gasteiger partial charge in [-0.25, -0.2) is 18.1 Å². The van der Waals surface area contributed by atoms with Crippen LogP contribution in [0.1, 0.15) is 12.0 Å². The van der Waals surface area contributed by atoms with E-state index in [0.717, 1.165) is 24.3 Å². The van der Waals surface area contributed by atoms with Gasteiger partial charge in [0.15, 0.2) is 0 Å². The lowest BCUT2D eigenvalue weighted by molar-refractivity contribution is -0.274. The molecule has 2 atom stereocenters. The van der Waals surface area contributed by atoms with Crippen molar-refractivity contribution in [3.8, 4) is 5.75 Å². The molecular weight excluding hydrogens is 386 g/mol. The smallest absolute Gasteiger partial charge is 0.406 e. The van der Waals surface area contributed by atoms with Gasteiger partial charge in [0.2, 0.25) is 0 Å². The standard InChI is InChI=1S/C17H17F4N3O2S/c18-13-3-1-12(2-4-13)16(9-10-23-11-16)24-27(22,25)15-7-5-14(6-8-15)26-17(19,20)21/h1-8,23H,9-11H2,(H2,22,24,25)/t16-,27+/m1/s1. The molecule has 0 amide bonds. The van der Waals surface area contributed by atoms with Crippen molar-refractivity contribution in [1.29, 1.82) is 4.78 Å². The summed E-state index contributed by atoms with van der Waals surface area (Å²) in [5, 5.41) is 3.13. The summed E-state index contributed by atoms with van der Waals surface area (Å²) in [6, 6.07) is 10.0. The molecule has 0 aliphatic carbocycles. The van der Waals surface area contributed by atoms with Crippen molar-refractivity contribution in [1.82, 2.24) is 10.0 Å². The maximum absolute atomic E-state index is 13.2. The molecule has 146 valence electrons. The highest BCUT2D eigenvalue weighted by molar-refractivity contribution is 7.90. The third-order valence-corrected chi connectivity index (χ3v) is 5.89. The zero-order valence-electron chi connectivity index (χ0n) is 14.0. The first-order valence-corrected chi connectivity index (χ1v) is 9.56. The van der Waals surface area contributed by atoms with Gasteiger partial charge in [0.1, 0.15) is 21.5 Å². The topological polar surface area (TPSA) is 74.2 Å². The fourth-order valence-corrected chi connectivity index (χ4v) is 4.50. The first kappa shape index (κ1) is 19.6. The van der Waals surface area contributed by atoms with Crippen LogP contribution in [0.2, 0.25) is 0 Å². The molecule has 1 aliphatic heterocycles. The van der Waals surface area contributed by atoms with Crippen LogP contribution in [-0.2, 0) is 15.5 Å². The van der Waals surface area contributed by atoms with Gasteiger partial charge < -0.3 is 10.1 Å². The highest BCUT2D eigenvalue weighted by Gasteiger charge is 2.38. The Kier molecular flexibility index (Phi) is 5.15. The Bertz CT molecular complexity index is 891. The fraction of sp³-hybridized carbons (Fsp3) is 0.294. The average molecular weight is 403 g/mol. The van der Waals surface area contributed by atoms with Gasteiger partial charge in [0, 0.05) is 6.54 Å². The lowest BCUT2D eigenvalue weighted by Crippen LogP contribution is -2.46. The summed E-state index contributed by atoms with van der Waals surface area (Å²) in [4.78, 5) is 0.0189. The molecule has 2 aromatic carbocycles. The first-order valence-electron chi connectivity index (χ1n) is 8.00. The van der Waals surface area contributed by atoms with Crippen molar-refractivity contribution in [3.05, 3.63) is 59.9 Å². The van der Waals surface area contributed by atoms with Gasteiger partial charge in [0.05, 0.1) is 10.4 Å². The van der Waals surface area contributed by atoms with Crippen LogP contribution in [0, 0.1) is 10.6 Å². The molecule has 1 fully saturated rings. The summed E-state index contributed by atoms with van der Waals surface area (Å²) in [6.07, 6.45) is -4.31. The van der Waals surface area contributed by atoms with Crippen LogP contribution < -0.4 is 14.8 Å². The Hall–Kier alpha value is -2.17. The van der Waals surface area contributed by atoms with Gasteiger partial charge in [-0.2, -0.15) is 0 Å². The van der Waals surface area contributed by atoms with E-state index in [9.17, 15) is 21.8 Å². The average Bonchev–Trinajstić information content (AvgIpc) is 3.03. The second-order valence-corrected chi connectivity index (χ2v) is 7.98. The fourth-order valence-electron chi connectivity index (χ4n) is 3.02. The summed E-state index contributed by atoms with van der Waals surface area (Å²) >= 11 is 0. The van der Waals surface area contributed by atoms with Crippen LogP contribution >= 0.6 is 0 Å². The van der Waals surface area contributed by atoms with E-state index >= 15 is 0 Å². The largest absolute Gasteiger partial charge is 0.573 e. The highest BCUT2D eigenvalue weighted by Crippen LogP contribution is 2.31. The zero-order valence-corrected chi connectivity index (χ0v) is 14.8. The van der Waals surface area contributed by atoms with Crippen LogP contribution in [0.25, 0.3) is 0 Å². The lowest BCUT2D eigenvalue weighted by Gasteiger charge is -2.31. The molecule has 10 heteroatoms. The minimum atomic E-state index is -4.83. The van der Waals surface area contributed by atoms with Crippen LogP contribution in [0.4, 0.5) is 17.6 Å². The molecular formula is C17H17F4N3O2S. The maximum Gasteiger partial charge on any atom is 0.573 e. The predicted octanol–water partition coefficient (Wildman–Crippen LogP) is 3.52. The molecule has 0 spiro atoms. The van der Waals surface area contributed by atoms with Crippen molar-refractivity contribution in [2.45, 2.75) is 23.2 Å². The molecule has 27 heavy (non-hydrogen) atoms. The molecule has 1 saturated heterocycles. The van der Waals surface area contributed by atoms with Crippen molar-refractivity contribution in [2.75, 3.05) is 13.1 Å². The quantitative estimate of drug-likeness (QED) is 0.669. The first-order chi connectivity index (χ1) is 12.6. The summed E-state index contributed by atoms with van der Waals surface area (Å²) in [7, 11) is -3.54. The van der Waals surface area contributed by atoms with Gasteiger partial charge in [-0.05, 0) is 54.9 Å². The summed E-state index contributed by atoms with van der Waals surface area (Å²) in [5.41, 5.74) is -0.181. The second-order valence-electron chi connectivity index (χ2n) is 6.19. The predicted molar refractivity (Wildman–Crippen MR) is 91.0 cm³/mol. The van der Waals surface area contributed by atoms with Gasteiger partial charge in [0.25, 0.3) is 0 Å². The second kappa shape index (κ2) is 7.10. The third-order valence-electron chi connectivity index (χ3n) is 4.28. The van der Waals surface area contributed by atoms with Gasteiger partial charge >= 0.3 is 6.36 Å². The van der Waals surface area contributed by atoms with Crippen LogP contribution in [0.15, 0.2) is 53.4 Å². The van der Waals surface area contributed by atoms with Crippen molar-refractivity contribution in [2.24, 2.45) is 0 Å². The van der Waals surface area contributed by atoms with E-state index in [-0.39, 0.29) is 4.90 Å². The number of hydrogen-bond acceptors (Lipinski definition) is 4. The SMILES string of the molecule is N=[S@](=O)(N[C@]1(c2ccc(F)cc2)CCNC1)c1ccc(OC(F)(F)F)cc1. The molecule has 0 radical (unpaired) electrons. The van der Waals surface area contributed by atoms with Crippen molar-refractivity contribution in [3.63, 3.8) is 0 Å². The number of ether oxygens (including phenoxy) is 1. The van der Waals surface area contributed by atoms with Crippen LogP contribution in [0.3, 0.4) is 0 Å². The minimum absolute atomic E-state index is 0.0189. The third kappa shape index (κ3) is 4.57. The molecule has 2 aromatic rings. The molecule has 1 heterocycles. The summed E-state index contributed by atoms with van der Waals surface area (Å²) in [5.74, 6) is -0.871. The molecule has 0 unspecified atom stereocenters.